The quantitative estimate of drug-likeness (QED) is 0.203. The smallest absolute Gasteiger partial charge is 0.235 e. The van der Waals surface area contributed by atoms with Gasteiger partial charge in [0.15, 0.2) is 0 Å². The van der Waals surface area contributed by atoms with E-state index >= 15 is 0 Å². The van der Waals surface area contributed by atoms with Crippen LogP contribution >= 0.6 is 22.7 Å². The summed E-state index contributed by atoms with van der Waals surface area (Å²) in [6.45, 7) is 0. The van der Waals surface area contributed by atoms with Crippen molar-refractivity contribution in [1.29, 1.82) is 0 Å². The van der Waals surface area contributed by atoms with Crippen LogP contribution in [0, 0.1) is 0 Å². The van der Waals surface area contributed by atoms with Gasteiger partial charge in [0.25, 0.3) is 0 Å². The molecule has 4 heterocycles. The fraction of sp³-hybridized carbons (Fsp3) is 0. The zero-order chi connectivity index (χ0) is 28.1. The fourth-order valence-electron chi connectivity index (χ4n) is 6.70. The van der Waals surface area contributed by atoms with Crippen molar-refractivity contribution in [3.8, 4) is 17.2 Å². The molecule has 10 aromatic rings. The van der Waals surface area contributed by atoms with Crippen molar-refractivity contribution < 1.29 is 0 Å². The van der Waals surface area contributed by atoms with Gasteiger partial charge in [-0.2, -0.15) is 0 Å². The van der Waals surface area contributed by atoms with Crippen molar-refractivity contribution in [2.75, 3.05) is 0 Å². The largest absolute Gasteiger partial charge is 0.278 e. The summed E-state index contributed by atoms with van der Waals surface area (Å²) in [5.74, 6) is 0.698. The topological polar surface area (TPSA) is 30.7 Å². The van der Waals surface area contributed by atoms with Gasteiger partial charge in [0.05, 0.1) is 26.9 Å². The van der Waals surface area contributed by atoms with Gasteiger partial charge in [0.1, 0.15) is 0 Å². The maximum atomic E-state index is 5.49. The van der Waals surface area contributed by atoms with Crippen LogP contribution in [0.2, 0.25) is 0 Å². The number of para-hydroxylation sites is 1. The first-order valence-corrected chi connectivity index (χ1v) is 16.0. The van der Waals surface area contributed by atoms with Gasteiger partial charge in [-0.3, -0.25) is 4.57 Å². The molecule has 6 aromatic carbocycles. The molecular weight excluding hydrogens is 563 g/mol. The number of rotatable bonds is 2. The standard InChI is InChI=1S/C38H21N3S2/c1-2-11-23-21-30-28(20-22(23)10-1)24-12-3-6-16-29(24)41(30)38-39-35-26-14-5-8-18-32(26)43-37(35)36(40-38)27-15-9-19-33-34(27)25-13-4-7-17-31(25)42-33/h1-21H. The summed E-state index contributed by atoms with van der Waals surface area (Å²) in [4.78, 5) is 10.9. The highest BCUT2D eigenvalue weighted by molar-refractivity contribution is 7.26. The average Bonchev–Trinajstić information content (AvgIpc) is 3.72. The molecule has 0 aliphatic heterocycles. The summed E-state index contributed by atoms with van der Waals surface area (Å²) in [5, 5.41) is 8.55. The molecule has 0 saturated carbocycles. The van der Waals surface area contributed by atoms with Gasteiger partial charge >= 0.3 is 0 Å². The monoisotopic (exact) mass is 583 g/mol. The lowest BCUT2D eigenvalue weighted by Crippen LogP contribution is -2.02. The van der Waals surface area contributed by atoms with Crippen LogP contribution in [0.3, 0.4) is 0 Å². The molecule has 0 spiro atoms. The van der Waals surface area contributed by atoms with Crippen LogP contribution in [-0.4, -0.2) is 14.5 Å². The molecule has 0 amide bonds. The first-order chi connectivity index (χ1) is 21.3. The Morgan fingerprint density at radius 2 is 1.16 bits per heavy atom. The van der Waals surface area contributed by atoms with Crippen molar-refractivity contribution in [3.05, 3.63) is 127 Å². The molecule has 0 saturated heterocycles. The summed E-state index contributed by atoms with van der Waals surface area (Å²) in [6, 6.07) is 45.7. The van der Waals surface area contributed by atoms with E-state index in [1.165, 1.54) is 51.8 Å². The zero-order valence-corrected chi connectivity index (χ0v) is 24.4. The lowest BCUT2D eigenvalue weighted by atomic mass is 10.0. The minimum atomic E-state index is 0.698. The third kappa shape index (κ3) is 3.29. The second kappa shape index (κ2) is 8.71. The van der Waals surface area contributed by atoms with Crippen molar-refractivity contribution in [3.63, 3.8) is 0 Å². The Labute approximate surface area is 253 Å². The van der Waals surface area contributed by atoms with Crippen LogP contribution in [0.1, 0.15) is 0 Å². The Morgan fingerprint density at radius 3 is 2.02 bits per heavy atom. The van der Waals surface area contributed by atoms with Crippen LogP contribution in [0.5, 0.6) is 0 Å². The summed E-state index contributed by atoms with van der Waals surface area (Å²) >= 11 is 3.63. The predicted octanol–water partition coefficient (Wildman–Crippen LogP) is 11.1. The molecule has 0 aliphatic rings. The summed E-state index contributed by atoms with van der Waals surface area (Å²) in [7, 11) is 0. The predicted molar refractivity (Wildman–Crippen MR) is 185 cm³/mol. The van der Waals surface area contributed by atoms with Gasteiger partial charge in [0.2, 0.25) is 5.95 Å². The molecule has 200 valence electrons. The van der Waals surface area contributed by atoms with Crippen molar-refractivity contribution in [1.82, 2.24) is 14.5 Å². The second-order valence-electron chi connectivity index (χ2n) is 11.0. The van der Waals surface area contributed by atoms with E-state index in [2.05, 4.69) is 132 Å². The van der Waals surface area contributed by atoms with Crippen LogP contribution in [-0.2, 0) is 0 Å². The number of aromatic nitrogens is 3. The normalized spacial score (nSPS) is 12.2. The minimum absolute atomic E-state index is 0.698. The van der Waals surface area contributed by atoms with E-state index in [1.807, 2.05) is 11.3 Å². The number of hydrogen-bond donors (Lipinski definition) is 0. The highest BCUT2D eigenvalue weighted by Crippen LogP contribution is 2.45. The average molecular weight is 584 g/mol. The lowest BCUT2D eigenvalue weighted by Gasteiger charge is -2.11. The van der Waals surface area contributed by atoms with Gasteiger partial charge < -0.3 is 0 Å². The third-order valence-corrected chi connectivity index (χ3v) is 10.9. The molecule has 4 aromatic heterocycles. The first-order valence-electron chi connectivity index (χ1n) is 14.3. The first kappa shape index (κ1) is 23.5. The number of hydrogen-bond acceptors (Lipinski definition) is 4. The SMILES string of the molecule is c1ccc2cc3c(cc2c1)c1ccccc1n3-c1nc(-c2cccc3sc4ccccc4c23)c2sc3ccccc3c2n1. The van der Waals surface area contributed by atoms with Crippen LogP contribution < -0.4 is 0 Å². The molecule has 0 N–H and O–H groups in total. The number of benzene rings is 6. The summed E-state index contributed by atoms with van der Waals surface area (Å²) in [5.41, 5.74) is 5.37. The van der Waals surface area contributed by atoms with Gasteiger partial charge in [-0.25, -0.2) is 9.97 Å². The van der Waals surface area contributed by atoms with Crippen LogP contribution in [0.25, 0.3) is 90.3 Å². The van der Waals surface area contributed by atoms with Crippen molar-refractivity contribution in [2.45, 2.75) is 0 Å². The molecule has 0 radical (unpaired) electrons. The van der Waals surface area contributed by atoms with E-state index in [0.29, 0.717) is 5.95 Å². The van der Waals surface area contributed by atoms with E-state index in [4.69, 9.17) is 9.97 Å². The Hall–Kier alpha value is -5.10. The molecule has 0 unspecified atom stereocenters. The molecule has 0 bridgehead atoms. The fourth-order valence-corrected chi connectivity index (χ4v) is 8.98. The van der Waals surface area contributed by atoms with Gasteiger partial charge in [-0.1, -0.05) is 91.0 Å². The van der Waals surface area contributed by atoms with Crippen molar-refractivity contribution in [2.24, 2.45) is 0 Å². The number of fused-ring (bicyclic) bond motifs is 10. The van der Waals surface area contributed by atoms with E-state index < -0.39 is 0 Å². The Bertz CT molecular complexity index is 2750. The Balaban J connectivity index is 1.39. The maximum Gasteiger partial charge on any atom is 0.235 e. The minimum Gasteiger partial charge on any atom is -0.278 e. The summed E-state index contributed by atoms with van der Waals surface area (Å²) in [6.07, 6.45) is 0. The summed E-state index contributed by atoms with van der Waals surface area (Å²) < 4.78 is 7.18. The maximum absolute atomic E-state index is 5.49. The third-order valence-electron chi connectivity index (χ3n) is 8.61. The number of nitrogens with zero attached hydrogens (tertiary/aromatic N) is 3. The van der Waals surface area contributed by atoms with E-state index in [-0.39, 0.29) is 0 Å². The van der Waals surface area contributed by atoms with Gasteiger partial charge in [-0.15, -0.1) is 22.7 Å². The van der Waals surface area contributed by atoms with Gasteiger partial charge in [0, 0.05) is 46.6 Å². The van der Waals surface area contributed by atoms with Crippen LogP contribution in [0.15, 0.2) is 127 Å². The lowest BCUT2D eigenvalue weighted by molar-refractivity contribution is 1.02. The molecule has 10 rings (SSSR count). The van der Waals surface area contributed by atoms with E-state index in [9.17, 15) is 0 Å². The molecule has 43 heavy (non-hydrogen) atoms. The van der Waals surface area contributed by atoms with Crippen LogP contribution in [0.4, 0.5) is 0 Å². The molecule has 3 nitrogen and oxygen atoms in total. The van der Waals surface area contributed by atoms with E-state index in [1.54, 1.807) is 11.3 Å². The molecule has 0 aliphatic carbocycles. The molecule has 0 fully saturated rings. The second-order valence-corrected chi connectivity index (χ2v) is 13.1. The van der Waals surface area contributed by atoms with E-state index in [0.717, 1.165) is 32.5 Å². The molecular formula is C38H21N3S2. The Morgan fingerprint density at radius 1 is 0.488 bits per heavy atom. The Kier molecular flexibility index (Phi) is 4.75. The van der Waals surface area contributed by atoms with Crippen molar-refractivity contribution >= 4 is 95.7 Å². The molecule has 5 heteroatoms. The molecule has 0 atom stereocenters. The highest BCUT2D eigenvalue weighted by Gasteiger charge is 2.22. The van der Waals surface area contributed by atoms with Gasteiger partial charge in [-0.05, 0) is 47.2 Å². The zero-order valence-electron chi connectivity index (χ0n) is 22.8. The number of thiophene rings is 2. The highest BCUT2D eigenvalue weighted by atomic mass is 32.1.